The molecule has 0 aliphatic heterocycles. The van der Waals surface area contributed by atoms with Gasteiger partial charge < -0.3 is 10.2 Å². The number of carboxylic acid groups (broad SMARTS) is 2. The van der Waals surface area contributed by atoms with E-state index in [1.54, 1.807) is 12.1 Å². The van der Waals surface area contributed by atoms with Crippen molar-refractivity contribution in [3.05, 3.63) is 69.7 Å². The summed E-state index contributed by atoms with van der Waals surface area (Å²) in [5.41, 5.74) is -0.542. The van der Waals surface area contributed by atoms with Gasteiger partial charge in [-0.3, -0.25) is 4.79 Å². The third-order valence-corrected chi connectivity index (χ3v) is 3.19. The van der Waals surface area contributed by atoms with Gasteiger partial charge in [-0.1, -0.05) is 23.7 Å². The second-order valence-electron chi connectivity index (χ2n) is 4.18. The van der Waals surface area contributed by atoms with Gasteiger partial charge in [-0.25, -0.2) is 9.59 Å². The van der Waals surface area contributed by atoms with Crippen LogP contribution in [-0.4, -0.2) is 27.9 Å². The molecule has 106 valence electrons. The Bertz CT molecular complexity index is 751. The molecule has 0 aliphatic rings. The molecule has 0 bridgehead atoms. The molecular weight excluding hydrogens is 296 g/mol. The monoisotopic (exact) mass is 304 g/mol. The highest BCUT2D eigenvalue weighted by Gasteiger charge is 2.21. The first-order valence-electron chi connectivity index (χ1n) is 5.81. The first-order valence-corrected chi connectivity index (χ1v) is 6.19. The summed E-state index contributed by atoms with van der Waals surface area (Å²) in [5.74, 6) is -3.21. The number of hydrogen-bond acceptors (Lipinski definition) is 3. The van der Waals surface area contributed by atoms with E-state index in [0.717, 1.165) is 18.2 Å². The molecule has 2 aromatic rings. The summed E-state index contributed by atoms with van der Waals surface area (Å²) in [7, 11) is 0. The smallest absolute Gasteiger partial charge is 0.336 e. The minimum absolute atomic E-state index is 0.115. The summed E-state index contributed by atoms with van der Waals surface area (Å²) in [6, 6.07) is 9.42. The molecule has 6 heteroatoms. The van der Waals surface area contributed by atoms with E-state index in [9.17, 15) is 14.4 Å². The molecule has 2 aromatic carbocycles. The van der Waals surface area contributed by atoms with Crippen LogP contribution in [0.25, 0.3) is 0 Å². The molecule has 0 aliphatic carbocycles. The quantitative estimate of drug-likeness (QED) is 0.847. The van der Waals surface area contributed by atoms with Gasteiger partial charge in [0.2, 0.25) is 0 Å². The van der Waals surface area contributed by atoms with E-state index < -0.39 is 17.7 Å². The number of rotatable bonds is 4. The van der Waals surface area contributed by atoms with Crippen LogP contribution in [-0.2, 0) is 0 Å². The van der Waals surface area contributed by atoms with Crippen LogP contribution in [0.5, 0.6) is 0 Å². The molecule has 0 unspecified atom stereocenters. The summed E-state index contributed by atoms with van der Waals surface area (Å²) in [6.45, 7) is 0. The number of aromatic carboxylic acids is 2. The molecule has 0 amide bonds. The molecule has 0 heterocycles. The molecule has 0 radical (unpaired) electrons. The Balaban J connectivity index is 2.63. The predicted molar refractivity (Wildman–Crippen MR) is 75.2 cm³/mol. The lowest BCUT2D eigenvalue weighted by molar-refractivity contribution is 0.0679. The van der Waals surface area contributed by atoms with Crippen LogP contribution in [0, 0.1) is 0 Å². The van der Waals surface area contributed by atoms with Crippen molar-refractivity contribution in [1.82, 2.24) is 0 Å². The molecule has 21 heavy (non-hydrogen) atoms. The van der Waals surface area contributed by atoms with Gasteiger partial charge >= 0.3 is 11.9 Å². The van der Waals surface area contributed by atoms with Gasteiger partial charge in [0, 0.05) is 11.1 Å². The average molecular weight is 305 g/mol. The highest BCUT2D eigenvalue weighted by Crippen LogP contribution is 2.22. The van der Waals surface area contributed by atoms with Gasteiger partial charge in [0.25, 0.3) is 0 Å². The van der Waals surface area contributed by atoms with E-state index in [-0.39, 0.29) is 27.3 Å². The third-order valence-electron chi connectivity index (χ3n) is 2.86. The van der Waals surface area contributed by atoms with Crippen molar-refractivity contribution in [1.29, 1.82) is 0 Å². The Labute approximate surface area is 124 Å². The fraction of sp³-hybridized carbons (Fsp3) is 0. The van der Waals surface area contributed by atoms with Gasteiger partial charge in [-0.05, 0) is 30.3 Å². The number of benzene rings is 2. The number of halogens is 1. The van der Waals surface area contributed by atoms with Crippen LogP contribution < -0.4 is 0 Å². The fourth-order valence-corrected chi connectivity index (χ4v) is 2.06. The van der Waals surface area contributed by atoms with Crippen molar-refractivity contribution in [2.45, 2.75) is 0 Å². The van der Waals surface area contributed by atoms with Crippen molar-refractivity contribution >= 4 is 29.3 Å². The van der Waals surface area contributed by atoms with Crippen molar-refractivity contribution < 1.29 is 24.6 Å². The first kappa shape index (κ1) is 14.7. The number of ketones is 1. The van der Waals surface area contributed by atoms with Crippen LogP contribution in [0.2, 0.25) is 5.02 Å². The van der Waals surface area contributed by atoms with Crippen molar-refractivity contribution in [3.63, 3.8) is 0 Å². The molecule has 2 N–H and O–H groups in total. The van der Waals surface area contributed by atoms with Crippen LogP contribution in [0.4, 0.5) is 0 Å². The van der Waals surface area contributed by atoms with Crippen LogP contribution >= 0.6 is 11.6 Å². The number of hydrogen-bond donors (Lipinski definition) is 2. The molecule has 0 saturated heterocycles. The Kier molecular flexibility index (Phi) is 4.05. The second-order valence-corrected chi connectivity index (χ2v) is 4.59. The summed E-state index contributed by atoms with van der Waals surface area (Å²) in [4.78, 5) is 34.6. The van der Waals surface area contributed by atoms with Crippen LogP contribution in [0.15, 0.2) is 42.5 Å². The van der Waals surface area contributed by atoms with Gasteiger partial charge in [0.1, 0.15) is 0 Å². The topological polar surface area (TPSA) is 91.7 Å². The van der Waals surface area contributed by atoms with E-state index in [0.29, 0.717) is 0 Å². The number of carboxylic acids is 2. The lowest BCUT2D eigenvalue weighted by atomic mass is 9.96. The molecule has 5 nitrogen and oxygen atoms in total. The van der Waals surface area contributed by atoms with E-state index in [1.165, 1.54) is 12.1 Å². The first-order chi connectivity index (χ1) is 9.91. The summed E-state index contributed by atoms with van der Waals surface area (Å²) < 4.78 is 0. The normalized spacial score (nSPS) is 10.1. The Morgan fingerprint density at radius 3 is 2.05 bits per heavy atom. The Morgan fingerprint density at radius 1 is 0.810 bits per heavy atom. The number of carbonyl (C=O) groups excluding carboxylic acids is 1. The Hall–Kier alpha value is -2.66. The largest absolute Gasteiger partial charge is 0.478 e. The number of carbonyl (C=O) groups is 3. The molecule has 0 aromatic heterocycles. The van der Waals surface area contributed by atoms with E-state index in [2.05, 4.69) is 0 Å². The minimum Gasteiger partial charge on any atom is -0.478 e. The summed E-state index contributed by atoms with van der Waals surface area (Å²) in [6.07, 6.45) is 0. The van der Waals surface area contributed by atoms with Gasteiger partial charge in [-0.15, -0.1) is 0 Å². The molecule has 0 saturated carbocycles. The maximum atomic E-state index is 12.4. The maximum absolute atomic E-state index is 12.4. The van der Waals surface area contributed by atoms with E-state index >= 15 is 0 Å². The van der Waals surface area contributed by atoms with Gasteiger partial charge in [-0.2, -0.15) is 0 Å². The lowest BCUT2D eigenvalue weighted by Gasteiger charge is -2.08. The van der Waals surface area contributed by atoms with Crippen molar-refractivity contribution in [2.24, 2.45) is 0 Å². The summed E-state index contributed by atoms with van der Waals surface area (Å²) >= 11 is 5.92. The summed E-state index contributed by atoms with van der Waals surface area (Å²) in [5, 5.41) is 18.3. The minimum atomic E-state index is -1.32. The standard InChI is InChI=1S/C15H9ClO5/c16-12-4-2-1-3-10(12)13(17)11-7-8(14(18)19)5-6-9(11)15(20)21/h1-7H,(H,18,19)(H,20,21). The molecule has 2 rings (SSSR count). The highest BCUT2D eigenvalue weighted by molar-refractivity contribution is 6.35. The average Bonchev–Trinajstić information content (AvgIpc) is 2.46. The van der Waals surface area contributed by atoms with Crippen LogP contribution in [0.1, 0.15) is 36.6 Å². The third kappa shape index (κ3) is 2.93. The van der Waals surface area contributed by atoms with Crippen molar-refractivity contribution in [3.8, 4) is 0 Å². The van der Waals surface area contributed by atoms with Crippen LogP contribution in [0.3, 0.4) is 0 Å². The van der Waals surface area contributed by atoms with E-state index in [1.807, 2.05) is 0 Å². The zero-order chi connectivity index (χ0) is 15.6. The lowest BCUT2D eigenvalue weighted by Crippen LogP contribution is -2.12. The van der Waals surface area contributed by atoms with E-state index in [4.69, 9.17) is 21.8 Å². The second kappa shape index (κ2) is 5.76. The van der Waals surface area contributed by atoms with Crippen molar-refractivity contribution in [2.75, 3.05) is 0 Å². The highest BCUT2D eigenvalue weighted by atomic mass is 35.5. The molecular formula is C15H9ClO5. The molecule has 0 atom stereocenters. The molecule has 0 spiro atoms. The van der Waals surface area contributed by atoms with Gasteiger partial charge in [0.05, 0.1) is 16.1 Å². The fourth-order valence-electron chi connectivity index (χ4n) is 1.84. The van der Waals surface area contributed by atoms with Gasteiger partial charge in [0.15, 0.2) is 5.78 Å². The maximum Gasteiger partial charge on any atom is 0.336 e. The SMILES string of the molecule is O=C(O)c1ccc(C(=O)O)c(C(=O)c2ccccc2Cl)c1. The predicted octanol–water partition coefficient (Wildman–Crippen LogP) is 2.97. The Morgan fingerprint density at radius 2 is 1.48 bits per heavy atom. The molecule has 0 fully saturated rings. The zero-order valence-electron chi connectivity index (χ0n) is 10.5. The zero-order valence-corrected chi connectivity index (χ0v) is 11.3.